The first-order chi connectivity index (χ1) is 6.66. The third kappa shape index (κ3) is 2.34. The molecule has 0 aromatic carbocycles. The Balaban J connectivity index is 1.82. The molecular formula is C11H20N2O. The van der Waals surface area contributed by atoms with E-state index >= 15 is 0 Å². The van der Waals surface area contributed by atoms with Gasteiger partial charge in [0, 0.05) is 31.7 Å². The SMILES string of the molecule is CC(=O)CN1CCN(C2CC2)C(C)C1. The molecule has 80 valence electrons. The van der Waals surface area contributed by atoms with Gasteiger partial charge in [0.25, 0.3) is 0 Å². The van der Waals surface area contributed by atoms with Crippen molar-refractivity contribution in [3.63, 3.8) is 0 Å². The Morgan fingerprint density at radius 3 is 2.57 bits per heavy atom. The summed E-state index contributed by atoms with van der Waals surface area (Å²) in [6.45, 7) is 7.89. The quantitative estimate of drug-likeness (QED) is 0.665. The summed E-state index contributed by atoms with van der Waals surface area (Å²) >= 11 is 0. The van der Waals surface area contributed by atoms with Gasteiger partial charge in [-0.05, 0) is 26.7 Å². The highest BCUT2D eigenvalue weighted by molar-refractivity contribution is 5.77. The molecule has 3 heteroatoms. The molecule has 2 rings (SSSR count). The molecule has 2 aliphatic rings. The maximum atomic E-state index is 11.0. The number of piperazine rings is 1. The van der Waals surface area contributed by atoms with Gasteiger partial charge in [0.15, 0.2) is 0 Å². The van der Waals surface area contributed by atoms with Crippen molar-refractivity contribution >= 4 is 5.78 Å². The maximum absolute atomic E-state index is 11.0. The number of ketones is 1. The molecule has 1 heterocycles. The summed E-state index contributed by atoms with van der Waals surface area (Å²) in [6, 6.07) is 1.50. The van der Waals surface area contributed by atoms with E-state index in [2.05, 4.69) is 16.7 Å². The van der Waals surface area contributed by atoms with Crippen LogP contribution in [-0.4, -0.2) is 53.8 Å². The number of Topliss-reactive ketones (excluding diaryl/α,β-unsaturated/α-hetero) is 1. The smallest absolute Gasteiger partial charge is 0.143 e. The zero-order valence-corrected chi connectivity index (χ0v) is 9.20. The second-order valence-corrected chi connectivity index (χ2v) is 4.76. The van der Waals surface area contributed by atoms with Crippen LogP contribution in [-0.2, 0) is 4.79 Å². The van der Waals surface area contributed by atoms with Crippen LogP contribution in [0.5, 0.6) is 0 Å². The monoisotopic (exact) mass is 196 g/mol. The molecule has 0 aromatic heterocycles. The van der Waals surface area contributed by atoms with E-state index in [-0.39, 0.29) is 5.78 Å². The molecule has 0 amide bonds. The average Bonchev–Trinajstić information content (AvgIpc) is 2.86. The van der Waals surface area contributed by atoms with Crippen molar-refractivity contribution in [2.45, 2.75) is 38.8 Å². The normalized spacial score (nSPS) is 30.6. The largest absolute Gasteiger partial charge is 0.299 e. The van der Waals surface area contributed by atoms with E-state index in [1.165, 1.54) is 12.8 Å². The number of nitrogens with zero attached hydrogens (tertiary/aromatic N) is 2. The van der Waals surface area contributed by atoms with Crippen molar-refractivity contribution in [1.29, 1.82) is 0 Å². The lowest BCUT2D eigenvalue weighted by Crippen LogP contribution is -2.53. The van der Waals surface area contributed by atoms with Crippen LogP contribution >= 0.6 is 0 Å². The Kier molecular flexibility index (Phi) is 2.88. The van der Waals surface area contributed by atoms with Gasteiger partial charge in [0.05, 0.1) is 6.54 Å². The fourth-order valence-electron chi connectivity index (χ4n) is 2.45. The molecule has 1 unspecified atom stereocenters. The van der Waals surface area contributed by atoms with Gasteiger partial charge in [0.1, 0.15) is 5.78 Å². The molecule has 1 saturated carbocycles. The van der Waals surface area contributed by atoms with Crippen molar-refractivity contribution in [2.75, 3.05) is 26.2 Å². The number of carbonyl (C=O) groups excluding carboxylic acids is 1. The number of carbonyl (C=O) groups is 1. The van der Waals surface area contributed by atoms with E-state index in [0.717, 1.165) is 25.7 Å². The molecule has 0 aromatic rings. The number of rotatable bonds is 3. The molecule has 1 saturated heterocycles. The molecule has 14 heavy (non-hydrogen) atoms. The molecular weight excluding hydrogens is 176 g/mol. The second-order valence-electron chi connectivity index (χ2n) is 4.76. The van der Waals surface area contributed by atoms with Crippen molar-refractivity contribution in [2.24, 2.45) is 0 Å². The maximum Gasteiger partial charge on any atom is 0.143 e. The lowest BCUT2D eigenvalue weighted by molar-refractivity contribution is -0.118. The standard InChI is InChI=1S/C11H20N2O/c1-9-7-12(8-10(2)14)5-6-13(9)11-3-4-11/h9,11H,3-8H2,1-2H3. The van der Waals surface area contributed by atoms with Gasteiger partial charge in [-0.15, -0.1) is 0 Å². The van der Waals surface area contributed by atoms with Crippen LogP contribution in [0.1, 0.15) is 26.7 Å². The van der Waals surface area contributed by atoms with E-state index in [1.807, 2.05) is 0 Å². The lowest BCUT2D eigenvalue weighted by Gasteiger charge is -2.39. The fraction of sp³-hybridized carbons (Fsp3) is 0.909. The Morgan fingerprint density at radius 1 is 1.36 bits per heavy atom. The molecule has 3 nitrogen and oxygen atoms in total. The van der Waals surface area contributed by atoms with Gasteiger partial charge >= 0.3 is 0 Å². The van der Waals surface area contributed by atoms with Crippen molar-refractivity contribution in [3.05, 3.63) is 0 Å². The van der Waals surface area contributed by atoms with Crippen molar-refractivity contribution in [3.8, 4) is 0 Å². The van der Waals surface area contributed by atoms with E-state index in [4.69, 9.17) is 0 Å². The third-order valence-corrected chi connectivity index (χ3v) is 3.23. The zero-order chi connectivity index (χ0) is 10.1. The van der Waals surface area contributed by atoms with E-state index in [9.17, 15) is 4.79 Å². The Morgan fingerprint density at radius 2 is 2.07 bits per heavy atom. The fourth-order valence-corrected chi connectivity index (χ4v) is 2.45. The Bertz CT molecular complexity index is 225. The molecule has 2 fully saturated rings. The van der Waals surface area contributed by atoms with Crippen LogP contribution in [0, 0.1) is 0 Å². The van der Waals surface area contributed by atoms with E-state index < -0.39 is 0 Å². The Labute approximate surface area is 86.1 Å². The second kappa shape index (κ2) is 3.99. The highest BCUT2D eigenvalue weighted by Crippen LogP contribution is 2.29. The van der Waals surface area contributed by atoms with Crippen LogP contribution in [0.2, 0.25) is 0 Å². The number of hydrogen-bond donors (Lipinski definition) is 0. The summed E-state index contributed by atoms with van der Waals surface area (Å²) in [7, 11) is 0. The molecule has 0 radical (unpaired) electrons. The summed E-state index contributed by atoms with van der Waals surface area (Å²) < 4.78 is 0. The highest BCUT2D eigenvalue weighted by Gasteiger charge is 2.35. The summed E-state index contributed by atoms with van der Waals surface area (Å²) in [4.78, 5) is 15.9. The third-order valence-electron chi connectivity index (χ3n) is 3.23. The van der Waals surface area contributed by atoms with Crippen LogP contribution in [0.15, 0.2) is 0 Å². The van der Waals surface area contributed by atoms with Gasteiger partial charge in [-0.3, -0.25) is 14.6 Å². The predicted octanol–water partition coefficient (Wildman–Crippen LogP) is 0.744. The van der Waals surface area contributed by atoms with Gasteiger partial charge in [-0.2, -0.15) is 0 Å². The van der Waals surface area contributed by atoms with Gasteiger partial charge in [-0.1, -0.05) is 0 Å². The van der Waals surface area contributed by atoms with Crippen LogP contribution < -0.4 is 0 Å². The first-order valence-corrected chi connectivity index (χ1v) is 5.64. The molecule has 1 aliphatic carbocycles. The summed E-state index contributed by atoms with van der Waals surface area (Å²) in [5.41, 5.74) is 0. The first kappa shape index (κ1) is 10.1. The molecule has 0 spiro atoms. The minimum Gasteiger partial charge on any atom is -0.299 e. The summed E-state index contributed by atoms with van der Waals surface area (Å²) in [5.74, 6) is 0.289. The minimum atomic E-state index is 0.289. The molecule has 0 N–H and O–H groups in total. The lowest BCUT2D eigenvalue weighted by atomic mass is 10.2. The first-order valence-electron chi connectivity index (χ1n) is 5.64. The van der Waals surface area contributed by atoms with Gasteiger partial charge in [0.2, 0.25) is 0 Å². The van der Waals surface area contributed by atoms with Gasteiger partial charge in [-0.25, -0.2) is 0 Å². The van der Waals surface area contributed by atoms with E-state index in [0.29, 0.717) is 12.6 Å². The van der Waals surface area contributed by atoms with Crippen molar-refractivity contribution in [1.82, 2.24) is 9.80 Å². The van der Waals surface area contributed by atoms with Crippen molar-refractivity contribution < 1.29 is 4.79 Å². The average molecular weight is 196 g/mol. The Hall–Kier alpha value is -0.410. The zero-order valence-electron chi connectivity index (χ0n) is 9.20. The minimum absolute atomic E-state index is 0.289. The predicted molar refractivity (Wildman–Crippen MR) is 56.3 cm³/mol. The summed E-state index contributed by atoms with van der Waals surface area (Å²) in [6.07, 6.45) is 2.77. The highest BCUT2D eigenvalue weighted by atomic mass is 16.1. The molecule has 0 bridgehead atoms. The number of hydrogen-bond acceptors (Lipinski definition) is 3. The molecule has 1 atom stereocenters. The summed E-state index contributed by atoms with van der Waals surface area (Å²) in [5, 5.41) is 0. The van der Waals surface area contributed by atoms with Crippen LogP contribution in [0.4, 0.5) is 0 Å². The molecule has 1 aliphatic heterocycles. The van der Waals surface area contributed by atoms with Gasteiger partial charge < -0.3 is 0 Å². The topological polar surface area (TPSA) is 23.6 Å². The van der Waals surface area contributed by atoms with Crippen LogP contribution in [0.25, 0.3) is 0 Å². The van der Waals surface area contributed by atoms with Crippen LogP contribution in [0.3, 0.4) is 0 Å². The van der Waals surface area contributed by atoms with E-state index in [1.54, 1.807) is 6.92 Å².